The van der Waals surface area contributed by atoms with Crippen LogP contribution < -0.4 is 9.47 Å². The van der Waals surface area contributed by atoms with Crippen LogP contribution >= 0.6 is 21.6 Å². The van der Waals surface area contributed by atoms with Gasteiger partial charge < -0.3 is 9.47 Å². The second kappa shape index (κ2) is 10.8. The van der Waals surface area contributed by atoms with E-state index in [-0.39, 0.29) is 0 Å². The van der Waals surface area contributed by atoms with Crippen LogP contribution in [0.5, 0.6) is 11.5 Å². The average Bonchev–Trinajstić information content (AvgIpc) is 2.82. The van der Waals surface area contributed by atoms with E-state index in [0.717, 1.165) is 32.4 Å². The molecule has 0 aliphatic rings. The van der Waals surface area contributed by atoms with E-state index in [1.165, 1.54) is 0 Å². The van der Waals surface area contributed by atoms with E-state index in [0.29, 0.717) is 13.2 Å². The highest BCUT2D eigenvalue weighted by molar-refractivity contribution is 8.76. The first kappa shape index (κ1) is 20.5. The minimum Gasteiger partial charge on any atom is -0.489 e. The van der Waals surface area contributed by atoms with Crippen LogP contribution in [0.15, 0.2) is 119 Å². The van der Waals surface area contributed by atoms with E-state index in [2.05, 4.69) is 48.5 Å². The molecule has 4 aromatic rings. The summed E-state index contributed by atoms with van der Waals surface area (Å²) in [6.45, 7) is 1.14. The molecule has 0 atom stereocenters. The molecule has 4 rings (SSSR count). The van der Waals surface area contributed by atoms with Crippen molar-refractivity contribution in [3.05, 3.63) is 120 Å². The lowest BCUT2D eigenvalue weighted by atomic mass is 10.2. The van der Waals surface area contributed by atoms with Gasteiger partial charge in [0.15, 0.2) is 0 Å². The molecule has 0 aliphatic carbocycles. The third kappa shape index (κ3) is 6.34. The van der Waals surface area contributed by atoms with Crippen LogP contribution in [0.2, 0.25) is 0 Å². The van der Waals surface area contributed by atoms with Gasteiger partial charge in [-0.2, -0.15) is 0 Å². The van der Waals surface area contributed by atoms with Crippen molar-refractivity contribution >= 4 is 21.6 Å². The van der Waals surface area contributed by atoms with Crippen molar-refractivity contribution in [3.8, 4) is 11.5 Å². The standard InChI is InChI=1S/C26H22O2S2/c1-3-9-21(10-4-1)19-27-23-13-7-15-25(17-23)29-30-26-16-8-14-24(18-26)28-20-22-11-5-2-6-12-22/h1-18H,19-20H2. The van der Waals surface area contributed by atoms with Crippen LogP contribution in [0.4, 0.5) is 0 Å². The Bertz CT molecular complexity index is 966. The molecule has 0 fully saturated rings. The normalized spacial score (nSPS) is 10.5. The van der Waals surface area contributed by atoms with Crippen molar-refractivity contribution in [2.45, 2.75) is 23.0 Å². The highest BCUT2D eigenvalue weighted by atomic mass is 33.1. The molecule has 0 bridgehead atoms. The smallest absolute Gasteiger partial charge is 0.120 e. The summed E-state index contributed by atoms with van der Waals surface area (Å²) in [5, 5.41) is 0. The molecule has 0 saturated heterocycles. The largest absolute Gasteiger partial charge is 0.489 e. The summed E-state index contributed by atoms with van der Waals surface area (Å²) in [7, 11) is 3.43. The Morgan fingerprint density at radius 3 is 1.33 bits per heavy atom. The zero-order valence-electron chi connectivity index (χ0n) is 16.4. The molecule has 0 unspecified atom stereocenters. The first-order chi connectivity index (χ1) is 14.8. The first-order valence-corrected chi connectivity index (χ1v) is 11.9. The number of hydrogen-bond donors (Lipinski definition) is 0. The molecule has 0 N–H and O–H groups in total. The van der Waals surface area contributed by atoms with Gasteiger partial charge in [-0.15, -0.1) is 0 Å². The van der Waals surface area contributed by atoms with E-state index in [9.17, 15) is 0 Å². The number of hydrogen-bond acceptors (Lipinski definition) is 4. The van der Waals surface area contributed by atoms with Crippen molar-refractivity contribution in [1.82, 2.24) is 0 Å². The number of rotatable bonds is 9. The van der Waals surface area contributed by atoms with Gasteiger partial charge in [0, 0.05) is 9.79 Å². The summed E-state index contributed by atoms with van der Waals surface area (Å²) in [4.78, 5) is 2.31. The van der Waals surface area contributed by atoms with Crippen LogP contribution in [0.3, 0.4) is 0 Å². The van der Waals surface area contributed by atoms with Gasteiger partial charge in [0.25, 0.3) is 0 Å². The molecule has 2 nitrogen and oxygen atoms in total. The topological polar surface area (TPSA) is 18.5 Å². The molecular weight excluding hydrogens is 408 g/mol. The van der Waals surface area contributed by atoms with Crippen LogP contribution in [-0.4, -0.2) is 0 Å². The highest BCUT2D eigenvalue weighted by Gasteiger charge is 2.03. The fraction of sp³-hybridized carbons (Fsp3) is 0.0769. The molecular formula is C26H22O2S2. The molecule has 0 amide bonds. The maximum atomic E-state index is 5.94. The summed E-state index contributed by atoms with van der Waals surface area (Å²) in [6, 6.07) is 36.8. The molecule has 0 spiro atoms. The summed E-state index contributed by atoms with van der Waals surface area (Å²) in [6.07, 6.45) is 0. The first-order valence-electron chi connectivity index (χ1n) is 9.73. The molecule has 0 aromatic heterocycles. The van der Waals surface area contributed by atoms with E-state index >= 15 is 0 Å². The van der Waals surface area contributed by atoms with Crippen LogP contribution in [0.25, 0.3) is 0 Å². The van der Waals surface area contributed by atoms with Crippen molar-refractivity contribution in [2.24, 2.45) is 0 Å². The molecule has 30 heavy (non-hydrogen) atoms. The molecule has 0 radical (unpaired) electrons. The Hall–Kier alpha value is -2.82. The monoisotopic (exact) mass is 430 g/mol. The zero-order chi connectivity index (χ0) is 20.4. The van der Waals surface area contributed by atoms with Crippen molar-refractivity contribution < 1.29 is 9.47 Å². The average molecular weight is 431 g/mol. The van der Waals surface area contributed by atoms with Gasteiger partial charge in [-0.05, 0) is 47.5 Å². The third-order valence-corrected chi connectivity index (χ3v) is 6.72. The molecule has 4 heteroatoms. The van der Waals surface area contributed by atoms with Crippen LogP contribution in [0.1, 0.15) is 11.1 Å². The lowest BCUT2D eigenvalue weighted by Gasteiger charge is -2.09. The molecule has 0 saturated carbocycles. The van der Waals surface area contributed by atoms with E-state index < -0.39 is 0 Å². The predicted octanol–water partition coefficient (Wildman–Crippen LogP) is 7.64. The van der Waals surface area contributed by atoms with Gasteiger partial charge in [0.2, 0.25) is 0 Å². The zero-order valence-corrected chi connectivity index (χ0v) is 18.1. The third-order valence-electron chi connectivity index (χ3n) is 4.34. The van der Waals surface area contributed by atoms with Crippen molar-refractivity contribution in [1.29, 1.82) is 0 Å². The fourth-order valence-electron chi connectivity index (χ4n) is 2.81. The Morgan fingerprint density at radius 2 is 0.900 bits per heavy atom. The lowest BCUT2D eigenvalue weighted by Crippen LogP contribution is -1.94. The van der Waals surface area contributed by atoms with Gasteiger partial charge >= 0.3 is 0 Å². The SMILES string of the molecule is c1ccc(COc2cccc(SSc3cccc(OCc4ccccc4)c3)c2)cc1. The van der Waals surface area contributed by atoms with Gasteiger partial charge in [-0.25, -0.2) is 0 Å². The van der Waals surface area contributed by atoms with E-state index in [1.807, 2.05) is 60.7 Å². The number of ether oxygens (including phenoxy) is 2. The summed E-state index contributed by atoms with van der Waals surface area (Å²) >= 11 is 0. The van der Waals surface area contributed by atoms with Crippen LogP contribution in [-0.2, 0) is 13.2 Å². The predicted molar refractivity (Wildman–Crippen MR) is 126 cm³/mol. The molecule has 0 aliphatic heterocycles. The minimum absolute atomic E-state index is 0.572. The Morgan fingerprint density at radius 1 is 0.467 bits per heavy atom. The van der Waals surface area contributed by atoms with Gasteiger partial charge in [-0.1, -0.05) is 94.4 Å². The van der Waals surface area contributed by atoms with Gasteiger partial charge in [0.05, 0.1) is 0 Å². The molecule has 0 heterocycles. The van der Waals surface area contributed by atoms with Crippen molar-refractivity contribution in [3.63, 3.8) is 0 Å². The maximum Gasteiger partial charge on any atom is 0.120 e. The van der Waals surface area contributed by atoms with Gasteiger partial charge in [0.1, 0.15) is 24.7 Å². The fourth-order valence-corrected chi connectivity index (χ4v) is 4.80. The molecule has 150 valence electrons. The number of benzene rings is 4. The second-order valence-electron chi connectivity index (χ2n) is 6.66. The maximum absolute atomic E-state index is 5.94. The lowest BCUT2D eigenvalue weighted by molar-refractivity contribution is 0.305. The van der Waals surface area contributed by atoms with Crippen molar-refractivity contribution in [2.75, 3.05) is 0 Å². The highest BCUT2D eigenvalue weighted by Crippen LogP contribution is 2.39. The molecule has 4 aromatic carbocycles. The van der Waals surface area contributed by atoms with E-state index in [1.54, 1.807) is 21.6 Å². The van der Waals surface area contributed by atoms with Gasteiger partial charge in [-0.3, -0.25) is 0 Å². The second-order valence-corrected chi connectivity index (χ2v) is 8.94. The Balaban J connectivity index is 1.31. The minimum atomic E-state index is 0.572. The summed E-state index contributed by atoms with van der Waals surface area (Å²) < 4.78 is 11.9. The Labute approximate surface area is 185 Å². The van der Waals surface area contributed by atoms with Crippen LogP contribution in [0, 0.1) is 0 Å². The summed E-state index contributed by atoms with van der Waals surface area (Å²) in [5.74, 6) is 1.76. The van der Waals surface area contributed by atoms with E-state index in [4.69, 9.17) is 9.47 Å². The Kier molecular flexibility index (Phi) is 7.37. The quantitative estimate of drug-likeness (QED) is 0.254. The summed E-state index contributed by atoms with van der Waals surface area (Å²) in [5.41, 5.74) is 2.33.